The van der Waals surface area contributed by atoms with Crippen molar-refractivity contribution in [1.82, 2.24) is 4.90 Å². The molecule has 0 aromatic heterocycles. The maximum atomic E-state index is 12.9. The van der Waals surface area contributed by atoms with E-state index in [2.05, 4.69) is 59.0 Å². The normalized spacial score (nSPS) is 14.6. The van der Waals surface area contributed by atoms with Crippen LogP contribution in [0.2, 0.25) is 0 Å². The summed E-state index contributed by atoms with van der Waals surface area (Å²) in [7, 11) is 0. The molecule has 0 aromatic carbocycles. The second kappa shape index (κ2) is 14.2. The van der Waals surface area contributed by atoms with Gasteiger partial charge in [0.05, 0.1) is 0 Å². The highest BCUT2D eigenvalue weighted by atomic mass is 127. The third kappa shape index (κ3) is 9.01. The number of amides is 3. The number of primary amides is 1. The first-order chi connectivity index (χ1) is 11.9. The highest BCUT2D eigenvalue weighted by molar-refractivity contribution is 14.1. The molecule has 5 nitrogen and oxygen atoms in total. The van der Waals surface area contributed by atoms with Crippen molar-refractivity contribution in [3.63, 3.8) is 0 Å². The molecule has 0 spiro atoms. The molecule has 0 fully saturated rings. The van der Waals surface area contributed by atoms with Crippen molar-refractivity contribution >= 4 is 62.9 Å². The summed E-state index contributed by atoms with van der Waals surface area (Å²) in [5.74, 6) is -0.652. The van der Waals surface area contributed by atoms with Gasteiger partial charge in [-0.25, -0.2) is 0 Å². The molecule has 0 aliphatic carbocycles. The molecule has 3 atom stereocenters. The molecule has 0 bridgehead atoms. The summed E-state index contributed by atoms with van der Waals surface area (Å²) in [4.78, 5) is 38.7. The molecule has 3 amide bonds. The summed E-state index contributed by atoms with van der Waals surface area (Å²) in [6.07, 6.45) is 4.83. The fraction of sp³-hybridized carbons (Fsp3) is 0.833. The first kappa shape index (κ1) is 25.1. The zero-order valence-electron chi connectivity index (χ0n) is 15.6. The molecular weight excluding hydrogens is 546 g/mol. The van der Waals surface area contributed by atoms with Gasteiger partial charge in [0.25, 0.3) is 0 Å². The van der Waals surface area contributed by atoms with Crippen LogP contribution in [0.4, 0.5) is 0 Å². The van der Waals surface area contributed by atoms with Crippen molar-refractivity contribution in [1.29, 1.82) is 0 Å². The van der Waals surface area contributed by atoms with Gasteiger partial charge in [-0.2, -0.15) is 0 Å². The summed E-state index contributed by atoms with van der Waals surface area (Å²) in [6, 6.07) is -0.840. The van der Waals surface area contributed by atoms with Crippen LogP contribution in [0.15, 0.2) is 0 Å². The lowest BCUT2D eigenvalue weighted by Crippen LogP contribution is -2.51. The number of hydrogen-bond donors (Lipinski definition) is 1. The number of rotatable bonds is 13. The van der Waals surface area contributed by atoms with Crippen molar-refractivity contribution in [2.24, 2.45) is 17.6 Å². The molecule has 0 radical (unpaired) electrons. The van der Waals surface area contributed by atoms with Gasteiger partial charge >= 0.3 is 0 Å². The third-order valence-corrected chi connectivity index (χ3v) is 6.81. The molecule has 7 heteroatoms. The van der Waals surface area contributed by atoms with E-state index in [1.807, 2.05) is 0 Å². The largest absolute Gasteiger partial charge is 0.368 e. The Hall–Kier alpha value is 0.0700. The highest BCUT2D eigenvalue weighted by Gasteiger charge is 2.33. The highest BCUT2D eigenvalue weighted by Crippen LogP contribution is 2.21. The second-order valence-electron chi connectivity index (χ2n) is 6.51. The van der Waals surface area contributed by atoms with Gasteiger partial charge in [-0.3, -0.25) is 19.3 Å². The smallest absolute Gasteiger partial charge is 0.240 e. The van der Waals surface area contributed by atoms with Gasteiger partial charge in [0, 0.05) is 21.7 Å². The number of alkyl halides is 2. The van der Waals surface area contributed by atoms with Crippen LogP contribution >= 0.6 is 45.2 Å². The second-order valence-corrected chi connectivity index (χ2v) is 8.27. The lowest BCUT2D eigenvalue weighted by atomic mass is 9.98. The molecule has 146 valence electrons. The Morgan fingerprint density at radius 3 is 1.52 bits per heavy atom. The summed E-state index contributed by atoms with van der Waals surface area (Å²) in [5.41, 5.74) is 5.48. The third-order valence-electron chi connectivity index (χ3n) is 4.32. The van der Waals surface area contributed by atoms with Crippen LogP contribution in [0.3, 0.4) is 0 Å². The van der Waals surface area contributed by atoms with Crippen molar-refractivity contribution in [3.8, 4) is 0 Å². The number of carbonyl (C=O) groups is 3. The predicted octanol–water partition coefficient (Wildman–Crippen LogP) is 4.09. The van der Waals surface area contributed by atoms with Crippen molar-refractivity contribution in [3.05, 3.63) is 0 Å². The van der Waals surface area contributed by atoms with Crippen LogP contribution in [-0.2, 0) is 14.4 Å². The molecule has 0 heterocycles. The van der Waals surface area contributed by atoms with E-state index in [-0.39, 0.29) is 23.7 Å². The molecule has 2 N–H and O–H groups in total. The number of nitrogens with two attached hydrogens (primary N) is 1. The van der Waals surface area contributed by atoms with Crippen molar-refractivity contribution < 1.29 is 14.4 Å². The van der Waals surface area contributed by atoms with Crippen LogP contribution in [0, 0.1) is 11.8 Å². The standard InChI is InChI=1S/C18H32I2N2O3/c1-4-7-13(11-19)9-16(23)22(15(6-3)18(21)25)17(24)10-14(12-20)8-5-2/h13-15H,4-12H2,1-3H3,(H2,21,25)/t13-,14-,15+/m1/s1. The van der Waals surface area contributed by atoms with Crippen molar-refractivity contribution in [2.45, 2.75) is 71.8 Å². The van der Waals surface area contributed by atoms with Crippen molar-refractivity contribution in [2.75, 3.05) is 8.86 Å². The Morgan fingerprint density at radius 2 is 1.28 bits per heavy atom. The molecule has 0 aromatic rings. The average molecular weight is 578 g/mol. The molecule has 0 saturated carbocycles. The Labute approximate surface area is 179 Å². The number of hydrogen-bond acceptors (Lipinski definition) is 3. The topological polar surface area (TPSA) is 80.5 Å². The van der Waals surface area contributed by atoms with Crippen LogP contribution in [0.25, 0.3) is 0 Å². The summed E-state index contributed by atoms with van der Waals surface area (Å²) in [6.45, 7) is 5.95. The SMILES string of the molecule is CCC[C@@H](CI)CC(=O)N(C(=O)C[C@H](CI)CCC)[C@@H](CC)C(N)=O. The number of imide groups is 1. The van der Waals surface area contributed by atoms with E-state index in [4.69, 9.17) is 5.73 Å². The van der Waals surface area contributed by atoms with Gasteiger partial charge in [-0.1, -0.05) is 78.8 Å². The monoisotopic (exact) mass is 578 g/mol. The number of carbonyl (C=O) groups excluding carboxylic acids is 3. The Kier molecular flexibility index (Phi) is 14.2. The van der Waals surface area contributed by atoms with Crippen LogP contribution in [-0.4, -0.2) is 37.5 Å². The minimum Gasteiger partial charge on any atom is -0.368 e. The van der Waals surface area contributed by atoms with Gasteiger partial charge in [0.2, 0.25) is 17.7 Å². The zero-order valence-corrected chi connectivity index (χ0v) is 19.9. The van der Waals surface area contributed by atoms with Gasteiger partial charge in [-0.15, -0.1) is 0 Å². The van der Waals surface area contributed by atoms with Gasteiger partial charge < -0.3 is 5.73 Å². The minimum absolute atomic E-state index is 0.231. The van der Waals surface area contributed by atoms with E-state index in [1.165, 1.54) is 4.90 Å². The Bertz CT molecular complexity index is 405. The van der Waals surface area contributed by atoms with E-state index in [0.717, 1.165) is 34.5 Å². The number of nitrogens with zero attached hydrogens (tertiary/aromatic N) is 1. The molecule has 0 aliphatic heterocycles. The Morgan fingerprint density at radius 1 is 0.880 bits per heavy atom. The van der Waals surface area contributed by atoms with Crippen LogP contribution in [0.5, 0.6) is 0 Å². The quantitative estimate of drug-likeness (QED) is 0.264. The molecule has 0 unspecified atom stereocenters. The molecule has 25 heavy (non-hydrogen) atoms. The summed E-state index contributed by atoms with van der Waals surface area (Å²) >= 11 is 4.55. The average Bonchev–Trinajstić information content (AvgIpc) is 2.57. The van der Waals surface area contributed by atoms with E-state index in [0.29, 0.717) is 19.3 Å². The first-order valence-corrected chi connectivity index (χ1v) is 12.2. The maximum absolute atomic E-state index is 12.9. The van der Waals surface area contributed by atoms with Gasteiger partial charge in [-0.05, 0) is 31.1 Å². The number of halogens is 2. The summed E-state index contributed by atoms with van der Waals surface area (Å²) in [5, 5.41) is 0. The van der Waals surface area contributed by atoms with Crippen LogP contribution < -0.4 is 5.73 Å². The maximum Gasteiger partial charge on any atom is 0.240 e. The first-order valence-electron chi connectivity index (χ1n) is 9.12. The van der Waals surface area contributed by atoms with Gasteiger partial charge in [0.1, 0.15) is 6.04 Å². The molecule has 0 rings (SSSR count). The lowest BCUT2D eigenvalue weighted by Gasteiger charge is -2.30. The summed E-state index contributed by atoms with van der Waals surface area (Å²) < 4.78 is 1.72. The lowest BCUT2D eigenvalue weighted by molar-refractivity contribution is -0.152. The fourth-order valence-electron chi connectivity index (χ4n) is 2.97. The van der Waals surface area contributed by atoms with E-state index in [9.17, 15) is 14.4 Å². The minimum atomic E-state index is -0.840. The zero-order chi connectivity index (χ0) is 19.4. The molecule has 0 saturated heterocycles. The van der Waals surface area contributed by atoms with E-state index >= 15 is 0 Å². The molecule has 0 aliphatic rings. The van der Waals surface area contributed by atoms with Gasteiger partial charge in [0.15, 0.2) is 0 Å². The van der Waals surface area contributed by atoms with E-state index in [1.54, 1.807) is 6.92 Å². The molecular formula is C18H32I2N2O3. The van der Waals surface area contributed by atoms with Crippen LogP contribution in [0.1, 0.15) is 65.7 Å². The Balaban J connectivity index is 5.36. The van der Waals surface area contributed by atoms with E-state index < -0.39 is 11.9 Å². The fourth-order valence-corrected chi connectivity index (χ4v) is 4.48. The predicted molar refractivity (Wildman–Crippen MR) is 119 cm³/mol.